The number of hydrogen-bond donors (Lipinski definition) is 0. The molecule has 0 amide bonds. The van der Waals surface area contributed by atoms with E-state index >= 15 is 0 Å². The van der Waals surface area contributed by atoms with Crippen LogP contribution in [0.4, 0.5) is 0 Å². The largest absolute Gasteiger partial charge is 0.493 e. The first-order valence-corrected chi connectivity index (χ1v) is 7.75. The monoisotopic (exact) mass is 307 g/mol. The van der Waals surface area contributed by atoms with E-state index in [2.05, 4.69) is 11.9 Å². The molecule has 5 nitrogen and oxygen atoms in total. The van der Waals surface area contributed by atoms with Crippen molar-refractivity contribution < 1.29 is 19.0 Å². The molecule has 0 N–H and O–H groups in total. The first-order chi connectivity index (χ1) is 10.7. The lowest BCUT2D eigenvalue weighted by Gasteiger charge is -2.32. The number of carbonyl (C=O) groups is 1. The lowest BCUT2D eigenvalue weighted by atomic mass is 10.0. The summed E-state index contributed by atoms with van der Waals surface area (Å²) in [5.74, 6) is 0.811. The Kier molecular flexibility index (Phi) is 6.07. The molecule has 1 aliphatic heterocycles. The first kappa shape index (κ1) is 16.6. The van der Waals surface area contributed by atoms with Crippen LogP contribution >= 0.6 is 0 Å². The topological polar surface area (TPSA) is 48.0 Å². The second kappa shape index (κ2) is 8.03. The van der Waals surface area contributed by atoms with Crippen molar-refractivity contribution in [2.45, 2.75) is 31.7 Å². The van der Waals surface area contributed by atoms with Crippen LogP contribution in [0.5, 0.6) is 11.5 Å². The fourth-order valence-electron chi connectivity index (χ4n) is 2.84. The highest BCUT2D eigenvalue weighted by molar-refractivity contribution is 5.90. The van der Waals surface area contributed by atoms with E-state index < -0.39 is 0 Å². The molecule has 1 fully saturated rings. The van der Waals surface area contributed by atoms with Crippen LogP contribution in [-0.4, -0.2) is 51.3 Å². The van der Waals surface area contributed by atoms with Gasteiger partial charge in [0.15, 0.2) is 11.5 Å². The summed E-state index contributed by atoms with van der Waals surface area (Å²) in [7, 11) is 5.25. The minimum absolute atomic E-state index is 0.320. The number of likely N-dealkylation sites (tertiary alicyclic amines) is 1. The average molecular weight is 307 g/mol. The quantitative estimate of drug-likeness (QED) is 0.756. The predicted molar refractivity (Wildman–Crippen MR) is 84.7 cm³/mol. The molecule has 1 aliphatic rings. The highest BCUT2D eigenvalue weighted by Gasteiger charge is 2.19. The summed E-state index contributed by atoms with van der Waals surface area (Å²) >= 11 is 0. The van der Waals surface area contributed by atoms with E-state index in [0.29, 0.717) is 29.7 Å². The molecule has 0 spiro atoms. The van der Waals surface area contributed by atoms with Gasteiger partial charge < -0.3 is 19.1 Å². The van der Waals surface area contributed by atoms with E-state index in [0.717, 1.165) is 13.0 Å². The summed E-state index contributed by atoms with van der Waals surface area (Å²) in [5, 5.41) is 0. The van der Waals surface area contributed by atoms with E-state index in [1.807, 2.05) is 0 Å². The molecule has 5 heteroatoms. The van der Waals surface area contributed by atoms with Crippen molar-refractivity contribution in [2.24, 2.45) is 0 Å². The minimum Gasteiger partial charge on any atom is -0.493 e. The molecular weight excluding hydrogens is 282 g/mol. The van der Waals surface area contributed by atoms with Gasteiger partial charge in [-0.15, -0.1) is 0 Å². The van der Waals surface area contributed by atoms with Crippen molar-refractivity contribution in [1.29, 1.82) is 0 Å². The number of benzene rings is 1. The Morgan fingerprint density at radius 3 is 2.68 bits per heavy atom. The van der Waals surface area contributed by atoms with Crippen LogP contribution in [0.2, 0.25) is 0 Å². The highest BCUT2D eigenvalue weighted by atomic mass is 16.5. The van der Waals surface area contributed by atoms with Gasteiger partial charge in [0, 0.05) is 6.04 Å². The molecule has 1 heterocycles. The van der Waals surface area contributed by atoms with Crippen molar-refractivity contribution in [2.75, 3.05) is 34.4 Å². The van der Waals surface area contributed by atoms with E-state index in [1.54, 1.807) is 32.4 Å². The van der Waals surface area contributed by atoms with Gasteiger partial charge in [-0.1, -0.05) is 6.42 Å². The number of hydrogen-bond acceptors (Lipinski definition) is 5. The highest BCUT2D eigenvalue weighted by Crippen LogP contribution is 2.27. The van der Waals surface area contributed by atoms with E-state index in [9.17, 15) is 4.79 Å². The number of methoxy groups -OCH3 is 2. The summed E-state index contributed by atoms with van der Waals surface area (Å²) < 4.78 is 15.8. The van der Waals surface area contributed by atoms with Crippen molar-refractivity contribution in [1.82, 2.24) is 4.90 Å². The minimum atomic E-state index is -0.320. The maximum Gasteiger partial charge on any atom is 0.338 e. The summed E-state index contributed by atoms with van der Waals surface area (Å²) in [6, 6.07) is 5.57. The molecule has 0 aliphatic carbocycles. The van der Waals surface area contributed by atoms with Gasteiger partial charge in [0.25, 0.3) is 0 Å². The molecule has 0 bridgehead atoms. The smallest absolute Gasteiger partial charge is 0.338 e. The first-order valence-electron chi connectivity index (χ1n) is 7.75. The van der Waals surface area contributed by atoms with Gasteiger partial charge in [-0.25, -0.2) is 4.79 Å². The van der Waals surface area contributed by atoms with Crippen molar-refractivity contribution in [3.63, 3.8) is 0 Å². The van der Waals surface area contributed by atoms with Crippen LogP contribution in [0.3, 0.4) is 0 Å². The summed E-state index contributed by atoms with van der Waals surface area (Å²) in [6.07, 6.45) is 4.59. The van der Waals surface area contributed by atoms with Gasteiger partial charge in [0.2, 0.25) is 0 Å². The van der Waals surface area contributed by atoms with Crippen molar-refractivity contribution in [3.8, 4) is 11.5 Å². The zero-order chi connectivity index (χ0) is 15.9. The summed E-state index contributed by atoms with van der Waals surface area (Å²) in [4.78, 5) is 14.5. The van der Waals surface area contributed by atoms with Gasteiger partial charge >= 0.3 is 5.97 Å². The number of nitrogens with zero attached hydrogens (tertiary/aromatic N) is 1. The van der Waals surface area contributed by atoms with Crippen LogP contribution in [0.15, 0.2) is 18.2 Å². The van der Waals surface area contributed by atoms with Crippen LogP contribution in [-0.2, 0) is 4.74 Å². The fourth-order valence-corrected chi connectivity index (χ4v) is 2.84. The molecule has 0 radical (unpaired) electrons. The third kappa shape index (κ3) is 4.13. The van der Waals surface area contributed by atoms with Gasteiger partial charge in [0.1, 0.15) is 0 Å². The van der Waals surface area contributed by atoms with Crippen LogP contribution in [0.25, 0.3) is 0 Å². The SMILES string of the molecule is COc1ccc(C(=O)OCC[C@@H]2CCCCN2C)cc1OC. The second-order valence-corrected chi connectivity index (χ2v) is 5.62. The molecule has 1 aromatic carbocycles. The van der Waals surface area contributed by atoms with Gasteiger partial charge in [-0.3, -0.25) is 0 Å². The lowest BCUT2D eigenvalue weighted by molar-refractivity contribution is 0.0449. The maximum atomic E-state index is 12.1. The standard InChI is InChI=1S/C17H25NO4/c1-18-10-5-4-6-14(18)9-11-22-17(19)13-7-8-15(20-2)16(12-13)21-3/h7-8,12,14H,4-6,9-11H2,1-3H3/t14-/m0/s1. The zero-order valence-corrected chi connectivity index (χ0v) is 13.6. The van der Waals surface area contributed by atoms with Crippen LogP contribution in [0, 0.1) is 0 Å². The van der Waals surface area contributed by atoms with Gasteiger partial charge in [-0.05, 0) is 51.1 Å². The number of piperidine rings is 1. The maximum absolute atomic E-state index is 12.1. The molecule has 22 heavy (non-hydrogen) atoms. The Balaban J connectivity index is 1.86. The molecule has 0 unspecified atom stereocenters. The third-order valence-corrected chi connectivity index (χ3v) is 4.22. The predicted octanol–water partition coefficient (Wildman–Crippen LogP) is 2.74. The van der Waals surface area contributed by atoms with Crippen LogP contribution in [0.1, 0.15) is 36.0 Å². The fraction of sp³-hybridized carbons (Fsp3) is 0.588. The number of esters is 1. The second-order valence-electron chi connectivity index (χ2n) is 5.62. The zero-order valence-electron chi connectivity index (χ0n) is 13.6. The van der Waals surface area contributed by atoms with E-state index in [1.165, 1.54) is 19.3 Å². The van der Waals surface area contributed by atoms with Crippen molar-refractivity contribution >= 4 is 5.97 Å². The normalized spacial score (nSPS) is 18.8. The molecule has 2 rings (SSSR count). The summed E-state index contributed by atoms with van der Waals surface area (Å²) in [6.45, 7) is 1.58. The lowest BCUT2D eigenvalue weighted by Crippen LogP contribution is -2.37. The third-order valence-electron chi connectivity index (χ3n) is 4.22. The Morgan fingerprint density at radius 1 is 1.23 bits per heavy atom. The number of carbonyl (C=O) groups excluding carboxylic acids is 1. The van der Waals surface area contributed by atoms with Crippen molar-refractivity contribution in [3.05, 3.63) is 23.8 Å². The molecular formula is C17H25NO4. The van der Waals surface area contributed by atoms with Gasteiger partial charge in [-0.2, -0.15) is 0 Å². The molecule has 1 atom stereocenters. The Labute approximate surface area is 132 Å². The Bertz CT molecular complexity index is 503. The molecule has 0 saturated carbocycles. The van der Waals surface area contributed by atoms with Gasteiger partial charge in [0.05, 0.1) is 26.4 Å². The molecule has 1 saturated heterocycles. The number of ether oxygens (including phenoxy) is 3. The summed E-state index contributed by atoms with van der Waals surface area (Å²) in [5.41, 5.74) is 0.481. The average Bonchev–Trinajstić information content (AvgIpc) is 2.55. The van der Waals surface area contributed by atoms with E-state index in [-0.39, 0.29) is 5.97 Å². The van der Waals surface area contributed by atoms with Crippen LogP contribution < -0.4 is 9.47 Å². The molecule has 0 aromatic heterocycles. The molecule has 122 valence electrons. The Morgan fingerprint density at radius 2 is 2.00 bits per heavy atom. The Hall–Kier alpha value is -1.75. The molecule has 1 aromatic rings. The van der Waals surface area contributed by atoms with E-state index in [4.69, 9.17) is 14.2 Å². The number of rotatable bonds is 6.